The molecule has 0 bridgehead atoms. The van der Waals surface area contributed by atoms with Crippen LogP contribution in [-0.2, 0) is 23.8 Å². The quantitative estimate of drug-likeness (QED) is 0.600. The Balaban J connectivity index is 1.31. The van der Waals surface area contributed by atoms with Crippen molar-refractivity contribution in [2.45, 2.75) is 44.1 Å². The van der Waals surface area contributed by atoms with E-state index in [0.29, 0.717) is 25.3 Å². The van der Waals surface area contributed by atoms with Gasteiger partial charge < -0.3 is 25.6 Å². The lowest BCUT2D eigenvalue weighted by Gasteiger charge is -2.40. The van der Waals surface area contributed by atoms with Crippen molar-refractivity contribution in [3.63, 3.8) is 0 Å². The molecule has 0 unspecified atom stereocenters. The molecule has 4 rings (SSSR count). The third kappa shape index (κ3) is 4.87. The first-order chi connectivity index (χ1) is 15.3. The van der Waals surface area contributed by atoms with Crippen molar-refractivity contribution >= 4 is 0 Å². The van der Waals surface area contributed by atoms with E-state index in [2.05, 4.69) is 4.90 Å². The minimum Gasteiger partial charge on any atom is -0.504 e. The van der Waals surface area contributed by atoms with Gasteiger partial charge in [0.1, 0.15) is 0 Å². The summed E-state index contributed by atoms with van der Waals surface area (Å²) < 4.78 is 44.4. The molecule has 2 aromatic carbocycles. The number of fused-ring (bicyclic) bond motifs is 1. The van der Waals surface area contributed by atoms with Gasteiger partial charge >= 0.3 is 6.18 Å². The largest absolute Gasteiger partial charge is 0.504 e. The third-order valence-corrected chi connectivity index (χ3v) is 6.76. The highest BCUT2D eigenvalue weighted by Gasteiger charge is 2.35. The summed E-state index contributed by atoms with van der Waals surface area (Å²) in [6.07, 6.45) is -1.55. The maximum atomic E-state index is 12.7. The number of nitrogens with zero attached hydrogens (tertiary/aromatic N) is 1. The zero-order valence-electron chi connectivity index (χ0n) is 17.8. The van der Waals surface area contributed by atoms with Crippen molar-refractivity contribution in [2.24, 2.45) is 11.7 Å². The van der Waals surface area contributed by atoms with E-state index in [4.69, 9.17) is 10.5 Å². The number of nitrogens with two attached hydrogens (primary N) is 1. The van der Waals surface area contributed by atoms with E-state index in [-0.39, 0.29) is 23.7 Å². The van der Waals surface area contributed by atoms with Crippen LogP contribution in [0.2, 0.25) is 0 Å². The number of phenolic OH excluding ortho intramolecular Hbond substituents is 2. The molecule has 2 aliphatic rings. The second-order valence-corrected chi connectivity index (χ2v) is 8.73. The molecular weight excluding hydrogens is 421 g/mol. The van der Waals surface area contributed by atoms with Gasteiger partial charge in [-0.2, -0.15) is 13.2 Å². The number of likely N-dealkylation sites (tertiary alicyclic amines) is 1. The maximum Gasteiger partial charge on any atom is 0.416 e. The van der Waals surface area contributed by atoms with E-state index in [0.717, 1.165) is 61.3 Å². The summed E-state index contributed by atoms with van der Waals surface area (Å²) in [4.78, 5) is 2.33. The number of hydrogen-bond donors (Lipinski definition) is 3. The highest BCUT2D eigenvalue weighted by Crippen LogP contribution is 2.42. The van der Waals surface area contributed by atoms with Crippen LogP contribution in [0.25, 0.3) is 0 Å². The number of piperidine rings is 1. The van der Waals surface area contributed by atoms with E-state index < -0.39 is 11.7 Å². The highest BCUT2D eigenvalue weighted by atomic mass is 19.4. The lowest BCUT2D eigenvalue weighted by atomic mass is 9.83. The van der Waals surface area contributed by atoms with E-state index in [9.17, 15) is 23.4 Å². The summed E-state index contributed by atoms with van der Waals surface area (Å²) in [7, 11) is 0. The molecule has 0 saturated carbocycles. The second-order valence-electron chi connectivity index (χ2n) is 8.73. The second kappa shape index (κ2) is 9.29. The summed E-state index contributed by atoms with van der Waals surface area (Å²) in [6.45, 7) is 2.88. The average molecular weight is 451 g/mol. The van der Waals surface area contributed by atoms with Crippen LogP contribution in [0.4, 0.5) is 13.2 Å². The molecule has 8 heteroatoms. The van der Waals surface area contributed by atoms with Gasteiger partial charge in [-0.25, -0.2) is 0 Å². The van der Waals surface area contributed by atoms with Crippen molar-refractivity contribution in [3.8, 4) is 11.5 Å². The summed E-state index contributed by atoms with van der Waals surface area (Å²) >= 11 is 0. The highest BCUT2D eigenvalue weighted by molar-refractivity contribution is 5.51. The number of hydrogen-bond acceptors (Lipinski definition) is 5. The number of phenols is 2. The Morgan fingerprint density at radius 2 is 1.72 bits per heavy atom. The first-order valence-corrected chi connectivity index (χ1v) is 11.0. The first kappa shape index (κ1) is 22.9. The Morgan fingerprint density at radius 3 is 2.34 bits per heavy atom. The van der Waals surface area contributed by atoms with E-state index in [1.807, 2.05) is 0 Å². The fourth-order valence-electron chi connectivity index (χ4n) is 4.85. The van der Waals surface area contributed by atoms with Crippen molar-refractivity contribution in [1.82, 2.24) is 4.90 Å². The van der Waals surface area contributed by atoms with Crippen LogP contribution in [0.5, 0.6) is 11.5 Å². The predicted octanol–water partition coefficient (Wildman–Crippen LogP) is 4.01. The third-order valence-electron chi connectivity index (χ3n) is 6.76. The molecule has 5 nitrogen and oxygen atoms in total. The summed E-state index contributed by atoms with van der Waals surface area (Å²) in [6, 6.07) is 8.62. The van der Waals surface area contributed by atoms with E-state index in [1.54, 1.807) is 18.2 Å². The number of alkyl halides is 3. The molecule has 1 saturated heterocycles. The molecule has 2 heterocycles. The number of halogens is 3. The Bertz CT molecular complexity index is 925. The normalized spacial score (nSPS) is 22.6. The van der Waals surface area contributed by atoms with Gasteiger partial charge in [0.05, 0.1) is 17.8 Å². The van der Waals surface area contributed by atoms with Gasteiger partial charge in [-0.1, -0.05) is 18.2 Å². The molecule has 4 N–H and O–H groups in total. The molecule has 0 amide bonds. The van der Waals surface area contributed by atoms with Gasteiger partial charge in [0, 0.05) is 25.1 Å². The molecule has 1 fully saturated rings. The lowest BCUT2D eigenvalue weighted by Crippen LogP contribution is -2.42. The number of ether oxygens (including phenoxy) is 1. The smallest absolute Gasteiger partial charge is 0.416 e. The molecule has 0 aliphatic carbocycles. The number of aromatic hydroxyl groups is 2. The van der Waals surface area contributed by atoms with Gasteiger partial charge in [0.15, 0.2) is 11.5 Å². The van der Waals surface area contributed by atoms with Gasteiger partial charge in [-0.3, -0.25) is 0 Å². The fourth-order valence-corrected chi connectivity index (χ4v) is 4.85. The zero-order valence-corrected chi connectivity index (χ0v) is 17.8. The van der Waals surface area contributed by atoms with E-state index >= 15 is 0 Å². The predicted molar refractivity (Wildman–Crippen MR) is 114 cm³/mol. The molecule has 174 valence electrons. The van der Waals surface area contributed by atoms with Crippen LogP contribution in [0.3, 0.4) is 0 Å². The maximum absolute atomic E-state index is 12.7. The van der Waals surface area contributed by atoms with Crippen LogP contribution in [0, 0.1) is 5.92 Å². The average Bonchev–Trinajstić information content (AvgIpc) is 2.79. The first-order valence-electron chi connectivity index (χ1n) is 11.0. The summed E-state index contributed by atoms with van der Waals surface area (Å²) in [5.41, 5.74) is 7.75. The van der Waals surface area contributed by atoms with Crippen molar-refractivity contribution < 1.29 is 28.1 Å². The molecule has 0 radical (unpaired) electrons. The fraction of sp³-hybridized carbons (Fsp3) is 0.500. The molecule has 2 aromatic rings. The molecule has 2 aliphatic heterocycles. The zero-order chi connectivity index (χ0) is 22.9. The van der Waals surface area contributed by atoms with Crippen LogP contribution in [0.15, 0.2) is 36.4 Å². The van der Waals surface area contributed by atoms with Crippen LogP contribution in [0.1, 0.15) is 41.2 Å². The molecule has 0 spiro atoms. The Kier molecular flexibility index (Phi) is 6.65. The van der Waals surface area contributed by atoms with Gasteiger partial charge in [-0.15, -0.1) is 0 Å². The number of rotatable bonds is 5. The standard InChI is InChI=1S/C24H29F3N2O3/c25-24(26,27)17-3-1-15(2-4-17)7-10-29-11-8-16(9-12-29)21-13-19-18(22(14-28)32-21)5-6-20(30)23(19)31/h1-6,16,21-22,30-31H,7-14,28H2/t21-,22-/m1/s1. The SMILES string of the molecule is NC[C@H]1O[C@@H](C2CCN(CCc3ccc(C(F)(F)F)cc3)CC2)Cc2c1ccc(O)c2O. The molecule has 2 atom stereocenters. The minimum absolute atomic E-state index is 0.0687. The lowest BCUT2D eigenvalue weighted by molar-refractivity contribution is -0.137. The molecular formula is C24H29F3N2O3. The Hall–Kier alpha value is -2.29. The van der Waals surface area contributed by atoms with Crippen LogP contribution >= 0.6 is 0 Å². The van der Waals surface area contributed by atoms with Crippen LogP contribution < -0.4 is 5.73 Å². The van der Waals surface area contributed by atoms with Crippen molar-refractivity contribution in [1.29, 1.82) is 0 Å². The van der Waals surface area contributed by atoms with Crippen LogP contribution in [-0.4, -0.2) is 47.4 Å². The molecule has 32 heavy (non-hydrogen) atoms. The molecule has 0 aromatic heterocycles. The van der Waals surface area contributed by atoms with Gasteiger partial charge in [0.2, 0.25) is 0 Å². The number of benzene rings is 2. The Morgan fingerprint density at radius 1 is 1.03 bits per heavy atom. The minimum atomic E-state index is -4.30. The van der Waals surface area contributed by atoms with Gasteiger partial charge in [-0.05, 0) is 67.6 Å². The van der Waals surface area contributed by atoms with Gasteiger partial charge in [0.25, 0.3) is 0 Å². The monoisotopic (exact) mass is 450 g/mol. The summed E-state index contributed by atoms with van der Waals surface area (Å²) in [5.74, 6) is 0.114. The summed E-state index contributed by atoms with van der Waals surface area (Å²) in [5, 5.41) is 20.2. The van der Waals surface area contributed by atoms with E-state index in [1.165, 1.54) is 6.07 Å². The topological polar surface area (TPSA) is 79.0 Å². The van der Waals surface area contributed by atoms with Crippen molar-refractivity contribution in [2.75, 3.05) is 26.2 Å². The Labute approximate surface area is 185 Å². The van der Waals surface area contributed by atoms with Crippen molar-refractivity contribution in [3.05, 3.63) is 58.7 Å².